The van der Waals surface area contributed by atoms with Gasteiger partial charge in [-0.1, -0.05) is 83.1 Å². The van der Waals surface area contributed by atoms with Crippen LogP contribution in [0.15, 0.2) is 132 Å². The van der Waals surface area contributed by atoms with Crippen LogP contribution in [0.3, 0.4) is 0 Å². The molecular weight excluding hydrogens is 689 g/mol. The predicted octanol–water partition coefficient (Wildman–Crippen LogP) is 10.1. The second-order valence-electron chi connectivity index (χ2n) is 14.9. The normalized spacial score (nSPS) is 13.7. The van der Waals surface area contributed by atoms with Crippen molar-refractivity contribution in [1.29, 1.82) is 0 Å². The Labute approximate surface area is 311 Å². The molecule has 5 rings (SSSR count). The van der Waals surface area contributed by atoms with E-state index in [1.807, 2.05) is 58.9 Å². The fraction of sp³-hybridized carbons (Fsp3) is 0.250. The Morgan fingerprint density at radius 2 is 1.02 bits per heavy atom. The molecule has 0 aliphatic heterocycles. The third-order valence-corrected chi connectivity index (χ3v) is 10.5. The summed E-state index contributed by atoms with van der Waals surface area (Å²) in [6.07, 6.45) is 4.01. The second kappa shape index (κ2) is 15.3. The number of allylic oxidation sites excluding steroid dienone is 5. The van der Waals surface area contributed by atoms with Crippen molar-refractivity contribution in [2.24, 2.45) is 5.41 Å². The molecule has 53 heavy (non-hydrogen) atoms. The molecule has 8 nitrogen and oxygen atoms in total. The molecule has 1 aliphatic carbocycles. The summed E-state index contributed by atoms with van der Waals surface area (Å²) in [5.41, 5.74) is 2.52. The molecule has 0 saturated heterocycles. The van der Waals surface area contributed by atoms with E-state index in [-0.39, 0.29) is 39.4 Å². The molecule has 0 aromatic heterocycles. The van der Waals surface area contributed by atoms with Gasteiger partial charge in [-0.2, -0.15) is 8.42 Å². The molecule has 4 aromatic carbocycles. The van der Waals surface area contributed by atoms with Crippen LogP contribution in [0, 0.1) is 5.41 Å². The highest BCUT2D eigenvalue weighted by Crippen LogP contribution is 2.37. The third-order valence-electron chi connectivity index (χ3n) is 9.62. The van der Waals surface area contributed by atoms with Crippen LogP contribution < -0.4 is 4.74 Å². The summed E-state index contributed by atoms with van der Waals surface area (Å²) in [5.74, 6) is 0.812. The number of carbonyl (C=O) groups is 3. The van der Waals surface area contributed by atoms with Gasteiger partial charge in [-0.25, -0.2) is 0 Å². The number of ether oxygens (including phenoxy) is 2. The molecule has 0 amide bonds. The molecule has 0 atom stereocenters. The highest BCUT2D eigenvalue weighted by molar-refractivity contribution is 7.89. The van der Waals surface area contributed by atoms with Crippen molar-refractivity contribution in [3.8, 4) is 11.5 Å². The van der Waals surface area contributed by atoms with Gasteiger partial charge in [0.05, 0.1) is 4.91 Å². The lowest BCUT2D eigenvalue weighted by Crippen LogP contribution is -2.39. The molecule has 0 heterocycles. The van der Waals surface area contributed by atoms with E-state index in [1.54, 1.807) is 78.9 Å². The van der Waals surface area contributed by atoms with E-state index in [4.69, 9.17) is 9.47 Å². The molecule has 9 heteroatoms. The van der Waals surface area contributed by atoms with E-state index in [9.17, 15) is 27.4 Å². The Morgan fingerprint density at radius 1 is 0.623 bits per heavy atom. The molecular formula is C44H44O8S. The summed E-state index contributed by atoms with van der Waals surface area (Å²) >= 11 is 0. The lowest BCUT2D eigenvalue weighted by Gasteiger charge is -2.39. The fourth-order valence-corrected chi connectivity index (χ4v) is 5.92. The first-order chi connectivity index (χ1) is 24.8. The molecule has 0 fully saturated rings. The maximum atomic E-state index is 13.5. The van der Waals surface area contributed by atoms with Crippen molar-refractivity contribution < 1.29 is 36.8 Å². The SMILES string of the molecule is CC(C)c1ccc(C(=O)c2ccc(C(=O)c3ccc(Oc4ccc(C(=O)C5=CC=C(OC(C)(C)C(C)(C)C)CC(S(=O)(=O)O)=C5)cc4)cc3)cc2)cc1. The van der Waals surface area contributed by atoms with Crippen molar-refractivity contribution in [3.05, 3.63) is 165 Å². The monoisotopic (exact) mass is 732 g/mol. The van der Waals surface area contributed by atoms with Crippen molar-refractivity contribution in [3.63, 3.8) is 0 Å². The molecule has 0 spiro atoms. The summed E-state index contributed by atoms with van der Waals surface area (Å²) in [6.45, 7) is 14.0. The predicted molar refractivity (Wildman–Crippen MR) is 206 cm³/mol. The van der Waals surface area contributed by atoms with E-state index in [0.29, 0.717) is 45.4 Å². The maximum absolute atomic E-state index is 13.5. The molecule has 4 aromatic rings. The number of benzene rings is 4. The van der Waals surface area contributed by atoms with Crippen molar-refractivity contribution in [2.45, 2.75) is 66.4 Å². The minimum Gasteiger partial charge on any atom is -0.491 e. The lowest BCUT2D eigenvalue weighted by molar-refractivity contribution is -0.0540. The number of rotatable bonds is 12. The number of carbonyl (C=O) groups excluding carboxylic acids is 3. The Morgan fingerprint density at radius 3 is 1.42 bits per heavy atom. The molecule has 0 bridgehead atoms. The van der Waals surface area contributed by atoms with Gasteiger partial charge in [0.2, 0.25) is 0 Å². The van der Waals surface area contributed by atoms with Gasteiger partial charge in [0, 0.05) is 45.2 Å². The average molecular weight is 733 g/mol. The molecule has 0 unspecified atom stereocenters. The Hall–Kier alpha value is -5.38. The van der Waals surface area contributed by atoms with Crippen molar-refractivity contribution in [1.82, 2.24) is 0 Å². The zero-order valence-electron chi connectivity index (χ0n) is 31.0. The quantitative estimate of drug-likeness (QED) is 0.113. The van der Waals surface area contributed by atoms with Gasteiger partial charge in [-0.15, -0.1) is 0 Å². The third kappa shape index (κ3) is 9.35. The Balaban J connectivity index is 1.24. The minimum atomic E-state index is -4.61. The smallest absolute Gasteiger partial charge is 0.291 e. The average Bonchev–Trinajstić information content (AvgIpc) is 3.34. The fourth-order valence-electron chi connectivity index (χ4n) is 5.32. The van der Waals surface area contributed by atoms with E-state index >= 15 is 0 Å². The van der Waals surface area contributed by atoms with Crippen LogP contribution in [0.5, 0.6) is 11.5 Å². The first kappa shape index (κ1) is 38.8. The van der Waals surface area contributed by atoms with E-state index in [2.05, 4.69) is 13.8 Å². The standard InChI is InChI=1S/C44H44O8S/c1-28(2)29-8-10-30(11-9-29)40(45)31-12-14-32(15-13-31)41(46)33-16-21-36(22-17-33)51-37-23-18-34(19-24-37)42(47)35-20-25-38(27-39(26-35)53(48,49)50)52-44(6,7)43(3,4)5/h8-26,28H,27H2,1-7H3,(H,48,49,50). The summed E-state index contributed by atoms with van der Waals surface area (Å²) < 4.78 is 46.5. The van der Waals surface area contributed by atoms with Crippen LogP contribution in [-0.4, -0.2) is 35.9 Å². The van der Waals surface area contributed by atoms with Gasteiger partial charge in [-0.3, -0.25) is 18.9 Å². The zero-order chi connectivity index (χ0) is 38.7. The van der Waals surface area contributed by atoms with Crippen molar-refractivity contribution in [2.75, 3.05) is 0 Å². The number of Topliss-reactive ketones (excluding diaryl/α,β-unsaturated/α-hetero) is 1. The summed E-state index contributed by atoms with van der Waals surface area (Å²) in [7, 11) is -4.61. The van der Waals surface area contributed by atoms with Gasteiger partial charge in [0.1, 0.15) is 22.9 Å². The van der Waals surface area contributed by atoms with Crippen LogP contribution in [-0.2, 0) is 14.9 Å². The summed E-state index contributed by atoms with van der Waals surface area (Å²) in [5, 5.41) is 0. The van der Waals surface area contributed by atoms with Gasteiger partial charge >= 0.3 is 0 Å². The van der Waals surface area contributed by atoms with Gasteiger partial charge in [0.15, 0.2) is 17.3 Å². The first-order valence-corrected chi connectivity index (χ1v) is 18.8. The molecule has 274 valence electrons. The van der Waals surface area contributed by atoms with Crippen LogP contribution >= 0.6 is 0 Å². The van der Waals surface area contributed by atoms with E-state index < -0.39 is 21.5 Å². The van der Waals surface area contributed by atoms with Crippen LogP contribution in [0.4, 0.5) is 0 Å². The topological polar surface area (TPSA) is 124 Å². The Bertz CT molecular complexity index is 2210. The van der Waals surface area contributed by atoms with Crippen LogP contribution in [0.2, 0.25) is 0 Å². The summed E-state index contributed by atoms with van der Waals surface area (Å²) in [6, 6.07) is 27.1. The largest absolute Gasteiger partial charge is 0.491 e. The molecule has 1 aliphatic rings. The van der Waals surface area contributed by atoms with Gasteiger partial charge < -0.3 is 9.47 Å². The lowest BCUT2D eigenvalue weighted by atomic mass is 9.79. The first-order valence-electron chi connectivity index (χ1n) is 17.3. The van der Waals surface area contributed by atoms with Crippen LogP contribution in [0.1, 0.15) is 109 Å². The maximum Gasteiger partial charge on any atom is 0.291 e. The highest BCUT2D eigenvalue weighted by atomic mass is 32.2. The zero-order valence-corrected chi connectivity index (χ0v) is 31.8. The van der Waals surface area contributed by atoms with E-state index in [1.165, 1.54) is 12.2 Å². The summed E-state index contributed by atoms with van der Waals surface area (Å²) in [4.78, 5) is 39.3. The second-order valence-corrected chi connectivity index (χ2v) is 16.3. The molecule has 0 radical (unpaired) electrons. The Kier molecular flexibility index (Phi) is 11.2. The van der Waals surface area contributed by atoms with Crippen LogP contribution in [0.25, 0.3) is 0 Å². The van der Waals surface area contributed by atoms with Crippen molar-refractivity contribution >= 4 is 27.5 Å². The molecule has 0 saturated carbocycles. The number of hydrogen-bond acceptors (Lipinski definition) is 7. The number of hydrogen-bond donors (Lipinski definition) is 1. The van der Waals surface area contributed by atoms with Gasteiger partial charge in [-0.05, 0) is 92.1 Å². The van der Waals surface area contributed by atoms with Gasteiger partial charge in [0.25, 0.3) is 10.1 Å². The number of ketones is 3. The highest BCUT2D eigenvalue weighted by Gasteiger charge is 2.36. The minimum absolute atomic E-state index is 0.0661. The van der Waals surface area contributed by atoms with E-state index in [0.717, 1.165) is 5.56 Å². The molecule has 1 N–H and O–H groups in total.